The van der Waals surface area contributed by atoms with Gasteiger partial charge in [-0.2, -0.15) is 0 Å². The number of esters is 1. The van der Waals surface area contributed by atoms with Crippen molar-refractivity contribution in [1.82, 2.24) is 0 Å². The number of hydrogen-bond donors (Lipinski definition) is 0. The molecule has 0 fully saturated rings. The Morgan fingerprint density at radius 1 is 1.47 bits per heavy atom. The smallest absolute Gasteiger partial charge is 0.384 e. The number of anilines is 1. The highest BCUT2D eigenvalue weighted by molar-refractivity contribution is 5.88. The lowest BCUT2D eigenvalue weighted by atomic mass is 10.2. The number of carbonyl (C=O) groups excluding carboxylic acids is 1. The first kappa shape index (κ1) is 13.1. The van der Waals surface area contributed by atoms with Crippen molar-refractivity contribution >= 4 is 11.7 Å². The number of aryl methyl sites for hydroxylation is 1. The Balaban J connectivity index is 2.71. The van der Waals surface area contributed by atoms with E-state index in [2.05, 4.69) is 47.5 Å². The molecule has 3 heteroatoms. The van der Waals surface area contributed by atoms with Crippen LogP contribution in [0.1, 0.15) is 12.5 Å². The van der Waals surface area contributed by atoms with Crippen LogP contribution in [0.5, 0.6) is 0 Å². The van der Waals surface area contributed by atoms with Gasteiger partial charge < -0.3 is 9.64 Å². The second-order valence-corrected chi connectivity index (χ2v) is 3.65. The summed E-state index contributed by atoms with van der Waals surface area (Å²) in [6.07, 6.45) is 0. The largest absolute Gasteiger partial charge is 0.459 e. The molecule has 0 aromatic heterocycles. The van der Waals surface area contributed by atoms with Crippen molar-refractivity contribution in [3.05, 3.63) is 29.8 Å². The molecule has 0 unspecified atom stereocenters. The molecule has 0 aliphatic rings. The Bertz CT molecular complexity index is 443. The van der Waals surface area contributed by atoms with Gasteiger partial charge in [-0.1, -0.05) is 18.1 Å². The highest BCUT2D eigenvalue weighted by Gasteiger charge is 2.02. The van der Waals surface area contributed by atoms with Crippen molar-refractivity contribution in [3.63, 3.8) is 0 Å². The summed E-state index contributed by atoms with van der Waals surface area (Å²) in [5, 5.41) is 0. The number of carbonyl (C=O) groups is 1. The van der Waals surface area contributed by atoms with Gasteiger partial charge in [-0.05, 0) is 31.5 Å². The SMILES string of the molecule is CCN(CC#CC(=O)OC)c1cccc(C)c1. The molecule has 0 aliphatic carbocycles. The first-order valence-electron chi connectivity index (χ1n) is 5.55. The van der Waals surface area contributed by atoms with Crippen LogP contribution in [-0.2, 0) is 9.53 Å². The van der Waals surface area contributed by atoms with E-state index in [0.717, 1.165) is 12.2 Å². The molecule has 17 heavy (non-hydrogen) atoms. The quantitative estimate of drug-likeness (QED) is 0.452. The fraction of sp³-hybridized carbons (Fsp3) is 0.357. The lowest BCUT2D eigenvalue weighted by molar-refractivity contribution is -0.133. The van der Waals surface area contributed by atoms with Gasteiger partial charge in [-0.3, -0.25) is 0 Å². The Labute approximate surface area is 102 Å². The van der Waals surface area contributed by atoms with E-state index in [-0.39, 0.29) is 0 Å². The van der Waals surface area contributed by atoms with Gasteiger partial charge in [-0.25, -0.2) is 4.79 Å². The first-order chi connectivity index (χ1) is 8.17. The number of nitrogens with zero attached hydrogens (tertiary/aromatic N) is 1. The molecular formula is C14H17NO2. The topological polar surface area (TPSA) is 29.5 Å². The highest BCUT2D eigenvalue weighted by Crippen LogP contribution is 2.14. The van der Waals surface area contributed by atoms with Crippen molar-refractivity contribution in [1.29, 1.82) is 0 Å². The van der Waals surface area contributed by atoms with Crippen molar-refractivity contribution in [2.75, 3.05) is 25.1 Å². The third kappa shape index (κ3) is 4.20. The van der Waals surface area contributed by atoms with Crippen LogP contribution in [0.4, 0.5) is 5.69 Å². The average Bonchev–Trinajstić information content (AvgIpc) is 2.34. The number of hydrogen-bond acceptors (Lipinski definition) is 3. The second-order valence-electron chi connectivity index (χ2n) is 3.65. The maximum atomic E-state index is 10.9. The molecule has 0 atom stereocenters. The van der Waals surface area contributed by atoms with Crippen molar-refractivity contribution in [3.8, 4) is 11.8 Å². The summed E-state index contributed by atoms with van der Waals surface area (Å²) >= 11 is 0. The van der Waals surface area contributed by atoms with Crippen molar-refractivity contribution in [2.45, 2.75) is 13.8 Å². The van der Waals surface area contributed by atoms with Gasteiger partial charge in [-0.15, -0.1) is 0 Å². The van der Waals surface area contributed by atoms with Crippen LogP contribution < -0.4 is 4.90 Å². The van der Waals surface area contributed by atoms with Gasteiger partial charge in [0, 0.05) is 18.2 Å². The molecule has 3 nitrogen and oxygen atoms in total. The summed E-state index contributed by atoms with van der Waals surface area (Å²) in [6.45, 7) is 5.48. The first-order valence-corrected chi connectivity index (χ1v) is 5.55. The predicted octanol–water partition coefficient (Wildman–Crippen LogP) is 2.00. The van der Waals surface area contributed by atoms with Crippen LogP contribution in [-0.4, -0.2) is 26.2 Å². The molecule has 1 aromatic carbocycles. The van der Waals surface area contributed by atoms with Gasteiger partial charge in [0.25, 0.3) is 0 Å². The van der Waals surface area contributed by atoms with E-state index in [1.807, 2.05) is 12.1 Å². The van der Waals surface area contributed by atoms with Crippen LogP contribution in [0.2, 0.25) is 0 Å². The average molecular weight is 231 g/mol. The van der Waals surface area contributed by atoms with Crippen molar-refractivity contribution in [2.24, 2.45) is 0 Å². The fourth-order valence-corrected chi connectivity index (χ4v) is 1.47. The zero-order valence-electron chi connectivity index (χ0n) is 10.5. The third-order valence-electron chi connectivity index (χ3n) is 2.39. The maximum absolute atomic E-state index is 10.9. The Morgan fingerprint density at radius 2 is 2.24 bits per heavy atom. The molecule has 0 bridgehead atoms. The van der Waals surface area contributed by atoms with Gasteiger partial charge in [0.2, 0.25) is 0 Å². The van der Waals surface area contributed by atoms with Gasteiger partial charge >= 0.3 is 5.97 Å². The zero-order valence-corrected chi connectivity index (χ0v) is 10.5. The zero-order chi connectivity index (χ0) is 12.7. The van der Waals surface area contributed by atoms with E-state index >= 15 is 0 Å². The van der Waals surface area contributed by atoms with Crippen LogP contribution in [0.25, 0.3) is 0 Å². The van der Waals surface area contributed by atoms with Gasteiger partial charge in [0.15, 0.2) is 0 Å². The van der Waals surface area contributed by atoms with E-state index in [4.69, 9.17) is 0 Å². The lowest BCUT2D eigenvalue weighted by Crippen LogP contribution is -2.23. The molecule has 0 saturated carbocycles. The number of rotatable bonds is 3. The summed E-state index contributed by atoms with van der Waals surface area (Å²) in [4.78, 5) is 13.0. The molecular weight excluding hydrogens is 214 g/mol. The summed E-state index contributed by atoms with van der Waals surface area (Å²) in [6, 6.07) is 8.21. The lowest BCUT2D eigenvalue weighted by Gasteiger charge is -2.20. The Kier molecular flexibility index (Phi) is 5.09. The Hall–Kier alpha value is -1.95. The maximum Gasteiger partial charge on any atom is 0.384 e. The van der Waals surface area contributed by atoms with Crippen LogP contribution in [0.3, 0.4) is 0 Å². The fourth-order valence-electron chi connectivity index (χ4n) is 1.47. The molecule has 1 rings (SSSR count). The monoisotopic (exact) mass is 231 g/mol. The van der Waals surface area contributed by atoms with Gasteiger partial charge in [0.1, 0.15) is 0 Å². The molecule has 0 saturated heterocycles. The minimum absolute atomic E-state index is 0.495. The van der Waals surface area contributed by atoms with E-state index in [9.17, 15) is 4.79 Å². The molecule has 1 aromatic rings. The van der Waals surface area contributed by atoms with E-state index in [0.29, 0.717) is 6.54 Å². The molecule has 0 aliphatic heterocycles. The van der Waals surface area contributed by atoms with Gasteiger partial charge in [0.05, 0.1) is 13.7 Å². The molecule has 90 valence electrons. The number of benzene rings is 1. The summed E-state index contributed by atoms with van der Waals surface area (Å²) in [5.41, 5.74) is 2.33. The third-order valence-corrected chi connectivity index (χ3v) is 2.39. The van der Waals surface area contributed by atoms with E-state index in [1.54, 1.807) is 0 Å². The molecule has 0 spiro atoms. The Morgan fingerprint density at radius 3 is 2.82 bits per heavy atom. The minimum atomic E-state index is -0.495. The normalized spacial score (nSPS) is 9.12. The number of methoxy groups -OCH3 is 1. The number of ether oxygens (including phenoxy) is 1. The molecule has 0 heterocycles. The van der Waals surface area contributed by atoms with Crippen LogP contribution in [0.15, 0.2) is 24.3 Å². The molecule has 0 amide bonds. The predicted molar refractivity (Wildman–Crippen MR) is 68.9 cm³/mol. The second kappa shape index (κ2) is 6.59. The molecule has 0 N–H and O–H groups in total. The summed E-state index contributed by atoms with van der Waals surface area (Å²) in [7, 11) is 1.33. The van der Waals surface area contributed by atoms with E-state index in [1.165, 1.54) is 12.7 Å². The van der Waals surface area contributed by atoms with Crippen LogP contribution in [0, 0.1) is 18.8 Å². The van der Waals surface area contributed by atoms with Crippen LogP contribution >= 0.6 is 0 Å². The molecule has 0 radical (unpaired) electrons. The summed E-state index contributed by atoms with van der Waals surface area (Å²) < 4.78 is 4.46. The highest BCUT2D eigenvalue weighted by atomic mass is 16.5. The minimum Gasteiger partial charge on any atom is -0.459 e. The van der Waals surface area contributed by atoms with E-state index < -0.39 is 5.97 Å². The summed E-state index contributed by atoms with van der Waals surface area (Å²) in [5.74, 6) is 4.74. The standard InChI is InChI=1S/C14H17NO2/c1-4-15(10-6-9-14(16)17-3)13-8-5-7-12(2)11-13/h5,7-8,11H,4,10H2,1-3H3. The van der Waals surface area contributed by atoms with Crippen molar-refractivity contribution < 1.29 is 9.53 Å².